The van der Waals surface area contributed by atoms with E-state index in [1.54, 1.807) is 6.07 Å². The molecule has 0 atom stereocenters. The van der Waals surface area contributed by atoms with Gasteiger partial charge in [0.1, 0.15) is 0 Å². The Morgan fingerprint density at radius 1 is 1.44 bits per heavy atom. The van der Waals surface area contributed by atoms with Gasteiger partial charge in [-0.3, -0.25) is 0 Å². The fourth-order valence-corrected chi connectivity index (χ4v) is 5.64. The third kappa shape index (κ3) is 3.91. The monoisotopic (exact) mass is 374 g/mol. The molecule has 0 saturated carbocycles. The van der Waals surface area contributed by atoms with Crippen molar-refractivity contribution in [2.24, 2.45) is 0 Å². The maximum Gasteiger partial charge on any atom is 0.241 e. The first-order chi connectivity index (χ1) is 7.99. The van der Waals surface area contributed by atoms with Gasteiger partial charge in [0.15, 0.2) is 0 Å². The molecular formula is C10H16BrClN2O2S2. The van der Waals surface area contributed by atoms with E-state index in [2.05, 4.69) is 26.0 Å². The van der Waals surface area contributed by atoms with Crippen LogP contribution in [0.2, 0.25) is 0 Å². The third-order valence-electron chi connectivity index (χ3n) is 2.79. The van der Waals surface area contributed by atoms with E-state index in [4.69, 9.17) is 0 Å². The van der Waals surface area contributed by atoms with Crippen LogP contribution in [-0.2, 0) is 10.0 Å². The Morgan fingerprint density at radius 3 is 2.56 bits per heavy atom. The highest BCUT2D eigenvalue weighted by Gasteiger charge is 2.24. The molecule has 0 spiro atoms. The minimum Gasteiger partial charge on any atom is -0.317 e. The van der Waals surface area contributed by atoms with Crippen molar-refractivity contribution in [1.29, 1.82) is 0 Å². The third-order valence-corrected chi connectivity index (χ3v) is 6.12. The smallest absolute Gasteiger partial charge is 0.241 e. The Labute approximate surface area is 126 Å². The van der Waals surface area contributed by atoms with E-state index >= 15 is 0 Å². The lowest BCUT2D eigenvalue weighted by atomic mass is 10.1. The summed E-state index contributed by atoms with van der Waals surface area (Å²) in [5, 5.41) is 3.22. The van der Waals surface area contributed by atoms with Gasteiger partial charge < -0.3 is 5.32 Å². The molecule has 1 aliphatic rings. The second-order valence-corrected chi connectivity index (χ2v) is 8.43. The highest BCUT2D eigenvalue weighted by Crippen LogP contribution is 2.29. The molecule has 2 N–H and O–H groups in total. The lowest BCUT2D eigenvalue weighted by Crippen LogP contribution is -2.42. The number of halogens is 2. The van der Waals surface area contributed by atoms with E-state index in [-0.39, 0.29) is 18.4 Å². The lowest BCUT2D eigenvalue weighted by molar-refractivity contribution is 0.427. The van der Waals surface area contributed by atoms with E-state index in [1.807, 2.05) is 6.92 Å². The summed E-state index contributed by atoms with van der Waals surface area (Å²) in [6, 6.07) is 1.72. The molecule has 4 nitrogen and oxygen atoms in total. The molecule has 104 valence electrons. The number of piperidine rings is 1. The Kier molecular flexibility index (Phi) is 6.08. The summed E-state index contributed by atoms with van der Waals surface area (Å²) in [5.74, 6) is 0. The van der Waals surface area contributed by atoms with Gasteiger partial charge in [-0.25, -0.2) is 13.1 Å². The normalized spacial score (nSPS) is 17.4. The van der Waals surface area contributed by atoms with Gasteiger partial charge in [-0.1, -0.05) is 0 Å². The van der Waals surface area contributed by atoms with Crippen LogP contribution in [0.5, 0.6) is 0 Å². The summed E-state index contributed by atoms with van der Waals surface area (Å²) in [4.78, 5) is 1.21. The SMILES string of the molecule is Cc1sc(Br)cc1S(=O)(=O)NC1CCNCC1.Cl. The first-order valence-electron chi connectivity index (χ1n) is 5.48. The van der Waals surface area contributed by atoms with Gasteiger partial charge in [0.25, 0.3) is 0 Å². The van der Waals surface area contributed by atoms with Gasteiger partial charge in [-0.15, -0.1) is 23.7 Å². The number of thiophene rings is 1. The number of hydrogen-bond donors (Lipinski definition) is 2. The molecule has 1 fully saturated rings. The van der Waals surface area contributed by atoms with Crippen molar-refractivity contribution in [3.05, 3.63) is 14.7 Å². The highest BCUT2D eigenvalue weighted by molar-refractivity contribution is 9.11. The van der Waals surface area contributed by atoms with Crippen molar-refractivity contribution in [3.8, 4) is 0 Å². The lowest BCUT2D eigenvalue weighted by Gasteiger charge is -2.23. The second kappa shape index (κ2) is 6.67. The van der Waals surface area contributed by atoms with Crippen molar-refractivity contribution in [3.63, 3.8) is 0 Å². The Bertz CT molecular complexity index is 498. The molecule has 1 saturated heterocycles. The average molecular weight is 376 g/mol. The van der Waals surface area contributed by atoms with Crippen LogP contribution in [0.25, 0.3) is 0 Å². The molecule has 0 bridgehead atoms. The van der Waals surface area contributed by atoms with Gasteiger partial charge in [-0.2, -0.15) is 0 Å². The first kappa shape index (κ1) is 16.4. The van der Waals surface area contributed by atoms with Crippen molar-refractivity contribution in [1.82, 2.24) is 10.0 Å². The van der Waals surface area contributed by atoms with Gasteiger partial charge in [0, 0.05) is 10.9 Å². The predicted octanol–water partition coefficient (Wildman–Crippen LogP) is 2.27. The molecule has 18 heavy (non-hydrogen) atoms. The van der Waals surface area contributed by atoms with Gasteiger partial charge >= 0.3 is 0 Å². The van der Waals surface area contributed by atoms with Crippen molar-refractivity contribution in [2.75, 3.05) is 13.1 Å². The van der Waals surface area contributed by atoms with Gasteiger partial charge in [-0.05, 0) is 54.9 Å². The van der Waals surface area contributed by atoms with E-state index < -0.39 is 10.0 Å². The minimum absolute atomic E-state index is 0. The Balaban J connectivity index is 0.00000162. The molecule has 0 unspecified atom stereocenters. The molecule has 1 aromatic rings. The second-order valence-electron chi connectivity index (χ2n) is 4.12. The van der Waals surface area contributed by atoms with Crippen LogP contribution in [0.1, 0.15) is 17.7 Å². The fraction of sp³-hybridized carbons (Fsp3) is 0.600. The van der Waals surface area contributed by atoms with Crippen LogP contribution in [0.4, 0.5) is 0 Å². The molecule has 1 aliphatic heterocycles. The van der Waals surface area contributed by atoms with Crippen LogP contribution in [0, 0.1) is 6.92 Å². The number of nitrogens with one attached hydrogen (secondary N) is 2. The first-order valence-corrected chi connectivity index (χ1v) is 8.57. The summed E-state index contributed by atoms with van der Waals surface area (Å²) < 4.78 is 28.0. The maximum absolute atomic E-state index is 12.2. The topological polar surface area (TPSA) is 58.2 Å². The predicted molar refractivity (Wildman–Crippen MR) is 80.2 cm³/mol. The largest absolute Gasteiger partial charge is 0.317 e. The van der Waals surface area contributed by atoms with Crippen LogP contribution >= 0.6 is 39.7 Å². The molecule has 0 aliphatic carbocycles. The van der Waals surface area contributed by atoms with Crippen molar-refractivity contribution < 1.29 is 8.42 Å². The summed E-state index contributed by atoms with van der Waals surface area (Å²) in [6.07, 6.45) is 1.70. The Morgan fingerprint density at radius 2 is 2.06 bits per heavy atom. The number of rotatable bonds is 3. The fourth-order valence-electron chi connectivity index (χ4n) is 1.92. The van der Waals surface area contributed by atoms with E-state index in [0.29, 0.717) is 4.90 Å². The molecular weight excluding hydrogens is 360 g/mol. The standard InChI is InChI=1S/C10H15BrN2O2S2.ClH/c1-7-9(6-10(11)16-7)17(14,15)13-8-2-4-12-5-3-8;/h6,8,12-13H,2-5H2,1H3;1H. The van der Waals surface area contributed by atoms with Gasteiger partial charge in [0.05, 0.1) is 8.68 Å². The Hall–Kier alpha value is 0.340. The van der Waals surface area contributed by atoms with Crippen molar-refractivity contribution >= 4 is 49.7 Å². The van der Waals surface area contributed by atoms with E-state index in [9.17, 15) is 8.42 Å². The molecule has 2 rings (SSSR count). The maximum atomic E-state index is 12.2. The highest BCUT2D eigenvalue weighted by atomic mass is 79.9. The molecule has 8 heteroatoms. The van der Waals surface area contributed by atoms with Crippen molar-refractivity contribution in [2.45, 2.75) is 30.7 Å². The van der Waals surface area contributed by atoms with Crippen LogP contribution in [-0.4, -0.2) is 27.5 Å². The van der Waals surface area contributed by atoms with Gasteiger partial charge in [0.2, 0.25) is 10.0 Å². The zero-order chi connectivity index (χ0) is 12.5. The molecule has 1 aromatic heterocycles. The summed E-state index contributed by atoms with van der Waals surface area (Å²) in [6.45, 7) is 3.57. The summed E-state index contributed by atoms with van der Waals surface area (Å²) in [5.41, 5.74) is 0. The molecule has 0 amide bonds. The zero-order valence-electron chi connectivity index (χ0n) is 9.90. The molecule has 2 heterocycles. The minimum atomic E-state index is -3.37. The number of sulfonamides is 1. The van der Waals surface area contributed by atoms with E-state index in [1.165, 1.54) is 11.3 Å². The summed E-state index contributed by atoms with van der Waals surface area (Å²) in [7, 11) is -3.37. The summed E-state index contributed by atoms with van der Waals surface area (Å²) >= 11 is 4.76. The van der Waals surface area contributed by atoms with Crippen LogP contribution in [0.15, 0.2) is 14.7 Å². The van der Waals surface area contributed by atoms with E-state index in [0.717, 1.165) is 34.6 Å². The molecule has 0 aromatic carbocycles. The van der Waals surface area contributed by atoms with Crippen LogP contribution in [0.3, 0.4) is 0 Å². The molecule has 0 radical (unpaired) electrons. The average Bonchev–Trinajstić information content (AvgIpc) is 2.59. The van der Waals surface area contributed by atoms with Crippen LogP contribution < -0.4 is 10.0 Å². The quantitative estimate of drug-likeness (QED) is 0.852. The number of aryl methyl sites for hydroxylation is 1. The number of hydrogen-bond acceptors (Lipinski definition) is 4. The zero-order valence-corrected chi connectivity index (χ0v) is 13.9.